The molecule has 0 bridgehead atoms. The highest BCUT2D eigenvalue weighted by Crippen LogP contribution is 2.23. The van der Waals surface area contributed by atoms with Crippen molar-refractivity contribution in [3.63, 3.8) is 0 Å². The lowest BCUT2D eigenvalue weighted by Gasteiger charge is -2.34. The first kappa shape index (κ1) is 25.0. The van der Waals surface area contributed by atoms with E-state index in [0.717, 1.165) is 53.9 Å². The van der Waals surface area contributed by atoms with Crippen LogP contribution in [0.5, 0.6) is 0 Å². The highest BCUT2D eigenvalue weighted by Gasteiger charge is 2.23. The van der Waals surface area contributed by atoms with Crippen LogP contribution in [-0.2, 0) is 27.4 Å². The number of nitriles is 1. The van der Waals surface area contributed by atoms with Crippen LogP contribution < -0.4 is 0 Å². The van der Waals surface area contributed by atoms with Crippen LogP contribution in [0.25, 0.3) is 6.08 Å². The van der Waals surface area contributed by atoms with Gasteiger partial charge in [0.25, 0.3) is 5.91 Å². The van der Waals surface area contributed by atoms with Gasteiger partial charge in [-0.2, -0.15) is 5.26 Å². The van der Waals surface area contributed by atoms with Gasteiger partial charge in [0, 0.05) is 55.5 Å². The number of piperazine rings is 1. The van der Waals surface area contributed by atoms with E-state index in [-0.39, 0.29) is 18.1 Å². The van der Waals surface area contributed by atoms with E-state index < -0.39 is 5.97 Å². The Balaban J connectivity index is 1.51. The molecular formula is C24H29ClN4O3S. The molecule has 0 aromatic carbocycles. The molecule has 176 valence electrons. The van der Waals surface area contributed by atoms with Crippen LogP contribution in [-0.4, -0.2) is 59.0 Å². The molecule has 0 saturated carbocycles. The number of carbonyl (C=O) groups excluding carboxylic acids is 2. The van der Waals surface area contributed by atoms with Gasteiger partial charge in [-0.1, -0.05) is 18.5 Å². The molecule has 1 aliphatic heterocycles. The molecule has 1 fully saturated rings. The fourth-order valence-electron chi connectivity index (χ4n) is 3.94. The predicted molar refractivity (Wildman–Crippen MR) is 130 cm³/mol. The Labute approximate surface area is 203 Å². The Bertz CT molecular complexity index is 1070. The van der Waals surface area contributed by atoms with E-state index in [2.05, 4.69) is 16.4 Å². The van der Waals surface area contributed by atoms with E-state index in [1.165, 1.54) is 11.0 Å². The molecule has 0 atom stereocenters. The number of hydrogen-bond donors (Lipinski definition) is 0. The maximum Gasteiger partial charge on any atom is 0.349 e. The summed E-state index contributed by atoms with van der Waals surface area (Å²) in [6.07, 6.45) is 2.53. The fourth-order valence-corrected chi connectivity index (χ4v) is 5.07. The third kappa shape index (κ3) is 6.47. The molecule has 0 aliphatic carbocycles. The van der Waals surface area contributed by atoms with Gasteiger partial charge < -0.3 is 14.2 Å². The molecule has 1 amide bonds. The molecule has 7 nitrogen and oxygen atoms in total. The fraction of sp³-hybridized carbons (Fsp3) is 0.458. The third-order valence-corrected chi connectivity index (χ3v) is 6.98. The van der Waals surface area contributed by atoms with Gasteiger partial charge in [-0.15, -0.1) is 11.3 Å². The number of halogens is 1. The van der Waals surface area contributed by atoms with Crippen LogP contribution in [0.3, 0.4) is 0 Å². The summed E-state index contributed by atoms with van der Waals surface area (Å²) in [6.45, 7) is 10.0. The molecule has 9 heteroatoms. The van der Waals surface area contributed by atoms with E-state index in [9.17, 15) is 14.9 Å². The van der Waals surface area contributed by atoms with Crippen LogP contribution in [0.1, 0.15) is 35.2 Å². The molecule has 3 heterocycles. The Hall–Kier alpha value is -2.60. The lowest BCUT2D eigenvalue weighted by Crippen LogP contribution is -2.49. The van der Waals surface area contributed by atoms with Crippen molar-refractivity contribution in [3.05, 3.63) is 49.9 Å². The summed E-state index contributed by atoms with van der Waals surface area (Å²) >= 11 is 7.55. The van der Waals surface area contributed by atoms with E-state index in [1.807, 2.05) is 38.1 Å². The zero-order valence-electron chi connectivity index (χ0n) is 19.3. The summed E-state index contributed by atoms with van der Waals surface area (Å²) < 4.78 is 8.11. The number of nitrogens with zero attached hydrogens (tertiary/aromatic N) is 4. The van der Waals surface area contributed by atoms with Crippen LogP contribution >= 0.6 is 22.9 Å². The zero-order chi connectivity index (χ0) is 24.0. The highest BCUT2D eigenvalue weighted by molar-refractivity contribution is 7.16. The first-order valence-electron chi connectivity index (χ1n) is 11.0. The molecule has 1 saturated heterocycles. The molecule has 3 rings (SSSR count). The first-order chi connectivity index (χ1) is 15.8. The van der Waals surface area contributed by atoms with E-state index in [4.69, 9.17) is 16.3 Å². The van der Waals surface area contributed by atoms with Crippen molar-refractivity contribution < 1.29 is 14.3 Å². The van der Waals surface area contributed by atoms with E-state index >= 15 is 0 Å². The standard InChI is InChI=1S/C24H29ClN4O3S/c1-4-7-29-17(2)12-19(18(29)3)13-20(14-26)24(31)32-16-23(30)28-10-8-27(9-11-28)15-21-5-6-22(25)33-21/h5-6,12-13H,4,7-11,15-16H2,1-3H3/b20-13+. The van der Waals surface area contributed by atoms with Crippen LogP contribution in [0.15, 0.2) is 23.8 Å². The van der Waals surface area contributed by atoms with Crippen LogP contribution in [0.2, 0.25) is 4.34 Å². The van der Waals surface area contributed by atoms with Gasteiger partial charge in [-0.3, -0.25) is 9.69 Å². The quantitative estimate of drug-likeness (QED) is 0.318. The number of aryl methyl sites for hydroxylation is 1. The SMILES string of the molecule is CCCn1c(C)cc(/C=C(\C#N)C(=O)OCC(=O)N2CCN(Cc3ccc(Cl)s3)CC2)c1C. The third-order valence-electron chi connectivity index (χ3n) is 5.76. The van der Waals surface area contributed by atoms with Crippen molar-refractivity contribution in [2.75, 3.05) is 32.8 Å². The minimum absolute atomic E-state index is 0.112. The van der Waals surface area contributed by atoms with Crippen LogP contribution in [0, 0.1) is 25.2 Å². The normalized spacial score (nSPS) is 14.9. The minimum atomic E-state index is -0.778. The molecular weight excluding hydrogens is 460 g/mol. The summed E-state index contributed by atoms with van der Waals surface area (Å²) in [6, 6.07) is 7.77. The van der Waals surface area contributed by atoms with Gasteiger partial charge in [0.1, 0.15) is 11.6 Å². The molecule has 1 aliphatic rings. The zero-order valence-corrected chi connectivity index (χ0v) is 20.8. The van der Waals surface area contributed by atoms with Gasteiger partial charge in [-0.25, -0.2) is 4.79 Å². The summed E-state index contributed by atoms with van der Waals surface area (Å²) in [5.41, 5.74) is 2.76. The number of amides is 1. The van der Waals surface area contributed by atoms with Gasteiger partial charge in [0.2, 0.25) is 0 Å². The van der Waals surface area contributed by atoms with Crippen molar-refractivity contribution in [1.29, 1.82) is 5.26 Å². The van der Waals surface area contributed by atoms with Crippen molar-refractivity contribution in [2.45, 2.75) is 40.3 Å². The van der Waals surface area contributed by atoms with Crippen molar-refractivity contribution in [1.82, 2.24) is 14.4 Å². The molecule has 2 aromatic heterocycles. The van der Waals surface area contributed by atoms with E-state index in [0.29, 0.717) is 13.1 Å². The molecule has 0 unspecified atom stereocenters. The smallest absolute Gasteiger partial charge is 0.349 e. The number of rotatable bonds is 8. The largest absolute Gasteiger partial charge is 0.451 e. The molecule has 33 heavy (non-hydrogen) atoms. The Morgan fingerprint density at radius 1 is 1.24 bits per heavy atom. The number of esters is 1. The summed E-state index contributed by atoms with van der Waals surface area (Å²) in [7, 11) is 0. The summed E-state index contributed by atoms with van der Waals surface area (Å²) in [5, 5.41) is 9.46. The predicted octanol–water partition coefficient (Wildman–Crippen LogP) is 4.02. The second-order valence-corrected chi connectivity index (χ2v) is 9.89. The van der Waals surface area contributed by atoms with Crippen molar-refractivity contribution >= 4 is 40.9 Å². The average molecular weight is 489 g/mol. The maximum absolute atomic E-state index is 12.5. The average Bonchev–Trinajstić information content (AvgIpc) is 3.33. The maximum atomic E-state index is 12.5. The van der Waals surface area contributed by atoms with E-state index in [1.54, 1.807) is 16.2 Å². The first-order valence-corrected chi connectivity index (χ1v) is 12.2. The molecule has 0 radical (unpaired) electrons. The Morgan fingerprint density at radius 2 is 1.97 bits per heavy atom. The highest BCUT2D eigenvalue weighted by atomic mass is 35.5. The van der Waals surface area contributed by atoms with Crippen molar-refractivity contribution in [2.24, 2.45) is 0 Å². The minimum Gasteiger partial charge on any atom is -0.451 e. The topological polar surface area (TPSA) is 78.6 Å². The summed E-state index contributed by atoms with van der Waals surface area (Å²) in [5.74, 6) is -1.03. The second-order valence-electron chi connectivity index (χ2n) is 8.09. The second kappa shape index (κ2) is 11.5. The Morgan fingerprint density at radius 3 is 2.58 bits per heavy atom. The lowest BCUT2D eigenvalue weighted by atomic mass is 10.1. The number of hydrogen-bond acceptors (Lipinski definition) is 6. The van der Waals surface area contributed by atoms with Crippen molar-refractivity contribution in [3.8, 4) is 6.07 Å². The molecule has 2 aromatic rings. The number of thiophene rings is 1. The Kier molecular flexibility index (Phi) is 8.73. The van der Waals surface area contributed by atoms with Crippen LogP contribution in [0.4, 0.5) is 0 Å². The van der Waals surface area contributed by atoms with Gasteiger partial charge in [0.05, 0.1) is 4.34 Å². The number of carbonyl (C=O) groups is 2. The molecule has 0 spiro atoms. The van der Waals surface area contributed by atoms with Gasteiger partial charge in [-0.05, 0) is 50.1 Å². The lowest BCUT2D eigenvalue weighted by molar-refractivity contribution is -0.149. The number of ether oxygens (including phenoxy) is 1. The molecule has 0 N–H and O–H groups in total. The van der Waals surface area contributed by atoms with Gasteiger partial charge in [0.15, 0.2) is 6.61 Å². The summed E-state index contributed by atoms with van der Waals surface area (Å²) in [4.78, 5) is 30.1. The number of aromatic nitrogens is 1. The monoisotopic (exact) mass is 488 g/mol. The van der Waals surface area contributed by atoms with Gasteiger partial charge >= 0.3 is 5.97 Å².